The molecule has 0 aromatic heterocycles. The Labute approximate surface area is 192 Å². The Balaban J connectivity index is 2.16. The molecule has 0 aliphatic heterocycles. The van der Waals surface area contributed by atoms with Crippen LogP contribution in [-0.4, -0.2) is 39.4 Å². The molecule has 0 saturated heterocycles. The lowest BCUT2D eigenvalue weighted by molar-refractivity contribution is -0.138. The van der Waals surface area contributed by atoms with Gasteiger partial charge in [0.2, 0.25) is 0 Å². The second-order valence-corrected chi connectivity index (χ2v) is 6.40. The fraction of sp³-hybridized carbons (Fsp3) is 0.240. The molecule has 0 aliphatic carbocycles. The van der Waals surface area contributed by atoms with E-state index in [1.807, 2.05) is 6.92 Å². The van der Waals surface area contributed by atoms with Gasteiger partial charge in [-0.15, -0.1) is 0 Å². The Kier molecular flexibility index (Phi) is 9.53. The topological polar surface area (TPSA) is 104 Å². The number of esters is 2. The zero-order chi connectivity index (χ0) is 24.2. The predicted molar refractivity (Wildman–Crippen MR) is 122 cm³/mol. The number of hydrogen-bond acceptors (Lipinski definition) is 8. The summed E-state index contributed by atoms with van der Waals surface area (Å²) < 4.78 is 26.3. The first-order valence-corrected chi connectivity index (χ1v) is 10.1. The van der Waals surface area contributed by atoms with Crippen LogP contribution in [-0.2, 0) is 14.3 Å². The van der Waals surface area contributed by atoms with Gasteiger partial charge in [0.05, 0.1) is 27.4 Å². The lowest BCUT2D eigenvalue weighted by Crippen LogP contribution is -2.06. The molecular formula is C25H25NO7. The molecule has 0 atom stereocenters. The van der Waals surface area contributed by atoms with Gasteiger partial charge in [0, 0.05) is 6.08 Å². The molecule has 8 heteroatoms. The standard InChI is InChI=1S/C25H25NO7/c1-5-31-20-10-7-17(14-22(20)29-3)9-12-24(27)33-21-11-8-18(15-23(21)30-4)13-19(16-26)25(28)32-6-2/h7-15H,5-6H2,1-4H3/b12-9+,19-13+. The fourth-order valence-corrected chi connectivity index (χ4v) is 2.74. The van der Waals surface area contributed by atoms with Gasteiger partial charge in [-0.25, -0.2) is 9.59 Å². The molecule has 0 spiro atoms. The number of ether oxygens (including phenoxy) is 5. The summed E-state index contributed by atoms with van der Waals surface area (Å²) >= 11 is 0. The average Bonchev–Trinajstić information content (AvgIpc) is 2.82. The van der Waals surface area contributed by atoms with E-state index >= 15 is 0 Å². The third kappa shape index (κ3) is 7.14. The monoisotopic (exact) mass is 451 g/mol. The van der Waals surface area contributed by atoms with Crippen LogP contribution in [0.3, 0.4) is 0 Å². The lowest BCUT2D eigenvalue weighted by atomic mass is 10.1. The Morgan fingerprint density at radius 1 is 0.909 bits per heavy atom. The molecular weight excluding hydrogens is 426 g/mol. The van der Waals surface area contributed by atoms with Crippen LogP contribution >= 0.6 is 0 Å². The first kappa shape index (κ1) is 25.0. The van der Waals surface area contributed by atoms with E-state index in [0.717, 1.165) is 5.56 Å². The second-order valence-electron chi connectivity index (χ2n) is 6.40. The summed E-state index contributed by atoms with van der Waals surface area (Å²) in [6, 6.07) is 11.7. The van der Waals surface area contributed by atoms with Crippen molar-refractivity contribution in [2.45, 2.75) is 13.8 Å². The third-order valence-electron chi connectivity index (χ3n) is 4.22. The van der Waals surface area contributed by atoms with Gasteiger partial charge in [-0.05, 0) is 61.4 Å². The lowest BCUT2D eigenvalue weighted by Gasteiger charge is -2.10. The Bertz CT molecular complexity index is 1100. The summed E-state index contributed by atoms with van der Waals surface area (Å²) in [7, 11) is 2.95. The van der Waals surface area contributed by atoms with Gasteiger partial charge < -0.3 is 23.7 Å². The molecule has 0 amide bonds. The molecule has 0 radical (unpaired) electrons. The van der Waals surface area contributed by atoms with E-state index in [4.69, 9.17) is 23.7 Å². The first-order valence-electron chi connectivity index (χ1n) is 10.1. The quantitative estimate of drug-likeness (QED) is 0.229. The molecule has 0 bridgehead atoms. The van der Waals surface area contributed by atoms with Crippen molar-refractivity contribution in [1.82, 2.24) is 0 Å². The number of nitrogens with zero attached hydrogens (tertiary/aromatic N) is 1. The van der Waals surface area contributed by atoms with Crippen molar-refractivity contribution in [3.05, 3.63) is 59.2 Å². The van der Waals surface area contributed by atoms with Crippen molar-refractivity contribution in [2.75, 3.05) is 27.4 Å². The van der Waals surface area contributed by atoms with Crippen molar-refractivity contribution < 1.29 is 33.3 Å². The SMILES string of the molecule is CCOC(=O)/C(C#N)=C/c1ccc(OC(=O)/C=C/c2ccc(OCC)c(OC)c2)c(OC)c1. The summed E-state index contributed by atoms with van der Waals surface area (Å²) in [5.74, 6) is 0.273. The van der Waals surface area contributed by atoms with E-state index in [1.165, 1.54) is 32.4 Å². The number of methoxy groups -OCH3 is 2. The first-order chi connectivity index (χ1) is 15.9. The van der Waals surface area contributed by atoms with E-state index in [0.29, 0.717) is 23.7 Å². The van der Waals surface area contributed by atoms with Gasteiger partial charge >= 0.3 is 11.9 Å². The van der Waals surface area contributed by atoms with Crippen LogP contribution in [0.2, 0.25) is 0 Å². The maximum atomic E-state index is 12.3. The Morgan fingerprint density at radius 3 is 2.18 bits per heavy atom. The van der Waals surface area contributed by atoms with Gasteiger partial charge in [-0.2, -0.15) is 5.26 Å². The van der Waals surface area contributed by atoms with Crippen LogP contribution in [0.4, 0.5) is 0 Å². The van der Waals surface area contributed by atoms with Crippen LogP contribution in [0, 0.1) is 11.3 Å². The minimum atomic E-state index is -0.717. The second kappa shape index (κ2) is 12.6. The molecule has 8 nitrogen and oxygen atoms in total. The fourth-order valence-electron chi connectivity index (χ4n) is 2.74. The normalized spacial score (nSPS) is 10.9. The third-order valence-corrected chi connectivity index (χ3v) is 4.22. The minimum absolute atomic E-state index is 0.155. The van der Waals surface area contributed by atoms with E-state index in [1.54, 1.807) is 49.4 Å². The summed E-state index contributed by atoms with van der Waals surface area (Å²) in [5, 5.41) is 9.17. The van der Waals surface area contributed by atoms with E-state index < -0.39 is 11.9 Å². The number of rotatable bonds is 10. The largest absolute Gasteiger partial charge is 0.493 e. The molecule has 172 valence electrons. The highest BCUT2D eigenvalue weighted by molar-refractivity contribution is 5.98. The summed E-state index contributed by atoms with van der Waals surface area (Å²) in [6.07, 6.45) is 4.23. The number of benzene rings is 2. The molecule has 0 heterocycles. The smallest absolute Gasteiger partial charge is 0.348 e. The van der Waals surface area contributed by atoms with Crippen molar-refractivity contribution in [3.63, 3.8) is 0 Å². The Morgan fingerprint density at radius 2 is 1.55 bits per heavy atom. The van der Waals surface area contributed by atoms with Crippen molar-refractivity contribution >= 4 is 24.1 Å². The van der Waals surface area contributed by atoms with E-state index in [9.17, 15) is 14.9 Å². The Hall–Kier alpha value is -4.25. The molecule has 0 unspecified atom stereocenters. The highest BCUT2D eigenvalue weighted by Crippen LogP contribution is 2.30. The van der Waals surface area contributed by atoms with Crippen LogP contribution in [0.15, 0.2) is 48.0 Å². The summed E-state index contributed by atoms with van der Waals surface area (Å²) in [4.78, 5) is 24.1. The minimum Gasteiger partial charge on any atom is -0.493 e. The zero-order valence-corrected chi connectivity index (χ0v) is 18.9. The van der Waals surface area contributed by atoms with Crippen LogP contribution < -0.4 is 18.9 Å². The molecule has 0 aliphatic rings. The molecule has 0 saturated carbocycles. The molecule has 0 fully saturated rings. The predicted octanol–water partition coefficient (Wildman–Crippen LogP) is 4.19. The molecule has 2 aromatic carbocycles. The average molecular weight is 451 g/mol. The number of carbonyl (C=O) groups is 2. The maximum absolute atomic E-state index is 12.3. The number of nitriles is 1. The molecule has 33 heavy (non-hydrogen) atoms. The van der Waals surface area contributed by atoms with Crippen molar-refractivity contribution in [2.24, 2.45) is 0 Å². The van der Waals surface area contributed by atoms with Gasteiger partial charge in [0.25, 0.3) is 0 Å². The van der Waals surface area contributed by atoms with Crippen LogP contribution in [0.25, 0.3) is 12.2 Å². The van der Waals surface area contributed by atoms with E-state index in [-0.39, 0.29) is 23.7 Å². The van der Waals surface area contributed by atoms with Crippen molar-refractivity contribution in [1.29, 1.82) is 5.26 Å². The maximum Gasteiger partial charge on any atom is 0.348 e. The molecule has 0 N–H and O–H groups in total. The van der Waals surface area contributed by atoms with E-state index in [2.05, 4.69) is 0 Å². The van der Waals surface area contributed by atoms with Gasteiger partial charge in [-0.3, -0.25) is 0 Å². The van der Waals surface area contributed by atoms with Crippen molar-refractivity contribution in [3.8, 4) is 29.1 Å². The van der Waals surface area contributed by atoms with Crippen LogP contribution in [0.5, 0.6) is 23.0 Å². The molecule has 2 rings (SSSR count). The highest BCUT2D eigenvalue weighted by Gasteiger charge is 2.13. The summed E-state index contributed by atoms with van der Waals surface area (Å²) in [5.41, 5.74) is 1.08. The van der Waals surface area contributed by atoms with Gasteiger partial charge in [0.1, 0.15) is 11.6 Å². The van der Waals surface area contributed by atoms with Gasteiger partial charge in [-0.1, -0.05) is 12.1 Å². The van der Waals surface area contributed by atoms with Crippen LogP contribution in [0.1, 0.15) is 25.0 Å². The number of hydrogen-bond donors (Lipinski definition) is 0. The highest BCUT2D eigenvalue weighted by atomic mass is 16.6. The summed E-state index contributed by atoms with van der Waals surface area (Å²) in [6.45, 7) is 4.20. The molecule has 2 aromatic rings. The zero-order valence-electron chi connectivity index (χ0n) is 18.9. The number of carbonyl (C=O) groups excluding carboxylic acids is 2. The van der Waals surface area contributed by atoms with Gasteiger partial charge in [0.15, 0.2) is 23.0 Å².